The minimum Gasteiger partial charge on any atom is -0.230 e. The van der Waals surface area contributed by atoms with Gasteiger partial charge in [0.1, 0.15) is 0 Å². The zero-order valence-corrected chi connectivity index (χ0v) is 10.5. The van der Waals surface area contributed by atoms with E-state index in [1.807, 2.05) is 13.8 Å². The van der Waals surface area contributed by atoms with E-state index in [4.69, 9.17) is 11.6 Å². The fourth-order valence-electron chi connectivity index (χ4n) is 0.908. The Labute approximate surface area is 93.0 Å². The molecule has 0 atom stereocenters. The highest BCUT2D eigenvalue weighted by Gasteiger charge is 2.18. The van der Waals surface area contributed by atoms with Crippen LogP contribution in [0.25, 0.3) is 0 Å². The van der Waals surface area contributed by atoms with Crippen molar-refractivity contribution < 1.29 is 8.42 Å². The maximum absolute atomic E-state index is 11.6. The Bertz CT molecular complexity index is 391. The van der Waals surface area contributed by atoms with Gasteiger partial charge in [0.05, 0.1) is 11.4 Å². The van der Waals surface area contributed by atoms with E-state index in [0.29, 0.717) is 12.3 Å². The molecule has 80 valence electrons. The lowest BCUT2D eigenvalue weighted by Gasteiger charge is -1.96. The molecule has 0 unspecified atom stereocenters. The molecule has 0 bridgehead atoms. The molecule has 0 spiro atoms. The number of aromatic nitrogens is 1. The fourth-order valence-corrected chi connectivity index (χ4v) is 3.95. The molecule has 0 aliphatic rings. The molecule has 0 radical (unpaired) electrons. The third-order valence-electron chi connectivity index (χ3n) is 1.82. The van der Waals surface area contributed by atoms with Crippen LogP contribution in [0.4, 0.5) is 0 Å². The van der Waals surface area contributed by atoms with Gasteiger partial charge in [0, 0.05) is 10.8 Å². The van der Waals surface area contributed by atoms with Gasteiger partial charge in [-0.25, -0.2) is 13.4 Å². The minimum atomic E-state index is -3.20. The first-order valence-corrected chi connectivity index (χ1v) is 7.20. The first-order chi connectivity index (χ1) is 6.47. The van der Waals surface area contributed by atoms with Crippen LogP contribution in [-0.4, -0.2) is 25.0 Å². The molecule has 0 amide bonds. The topological polar surface area (TPSA) is 47.0 Å². The van der Waals surface area contributed by atoms with Gasteiger partial charge in [0.2, 0.25) is 14.2 Å². The number of nitrogens with zero attached hydrogens (tertiary/aromatic N) is 1. The van der Waals surface area contributed by atoms with Gasteiger partial charge < -0.3 is 0 Å². The van der Waals surface area contributed by atoms with Crippen molar-refractivity contribution in [2.75, 3.05) is 11.6 Å². The molecule has 0 aromatic carbocycles. The van der Waals surface area contributed by atoms with Crippen LogP contribution in [0.2, 0.25) is 0 Å². The summed E-state index contributed by atoms with van der Waals surface area (Å²) in [6, 6.07) is 0. The number of rotatable bonds is 4. The lowest BCUT2D eigenvalue weighted by Crippen LogP contribution is -2.06. The highest BCUT2D eigenvalue weighted by Crippen LogP contribution is 2.22. The lowest BCUT2D eigenvalue weighted by molar-refractivity contribution is 0.594. The van der Waals surface area contributed by atoms with E-state index in [9.17, 15) is 8.42 Å². The normalized spacial score (nSPS) is 11.9. The highest BCUT2D eigenvalue weighted by molar-refractivity contribution is 7.93. The van der Waals surface area contributed by atoms with Crippen molar-refractivity contribution in [1.29, 1.82) is 0 Å². The second-order valence-electron chi connectivity index (χ2n) is 2.98. The Kier molecular flexibility index (Phi) is 3.92. The van der Waals surface area contributed by atoms with Crippen LogP contribution in [0.5, 0.6) is 0 Å². The maximum Gasteiger partial charge on any atom is 0.209 e. The summed E-state index contributed by atoms with van der Waals surface area (Å²) in [5.74, 6) is 0.450. The predicted molar refractivity (Wildman–Crippen MR) is 59.0 cm³/mol. The molecule has 0 aliphatic heterocycles. The molecule has 14 heavy (non-hydrogen) atoms. The van der Waals surface area contributed by atoms with Crippen LogP contribution < -0.4 is 0 Å². The Morgan fingerprint density at radius 2 is 2.07 bits per heavy atom. The van der Waals surface area contributed by atoms with Crippen LogP contribution >= 0.6 is 22.9 Å². The fraction of sp³-hybridized carbons (Fsp3) is 0.625. The van der Waals surface area contributed by atoms with Crippen molar-refractivity contribution in [3.05, 3.63) is 10.6 Å². The molecule has 0 aliphatic carbocycles. The molecule has 1 aromatic rings. The maximum atomic E-state index is 11.6. The summed E-state index contributed by atoms with van der Waals surface area (Å²) in [7, 11) is -3.20. The van der Waals surface area contributed by atoms with Crippen LogP contribution in [0.3, 0.4) is 0 Å². The van der Waals surface area contributed by atoms with Crippen molar-refractivity contribution in [3.63, 3.8) is 0 Å². The summed E-state index contributed by atoms with van der Waals surface area (Å²) >= 11 is 6.68. The summed E-state index contributed by atoms with van der Waals surface area (Å²) in [6.07, 6.45) is 0.474. The van der Waals surface area contributed by atoms with Gasteiger partial charge in [-0.1, -0.05) is 0 Å². The number of hydrogen-bond acceptors (Lipinski definition) is 4. The summed E-state index contributed by atoms with van der Waals surface area (Å²) in [5, 5.41) is 0. The van der Waals surface area contributed by atoms with Gasteiger partial charge >= 0.3 is 0 Å². The van der Waals surface area contributed by atoms with Gasteiger partial charge in [-0.15, -0.1) is 22.9 Å². The average Bonchev–Trinajstić information content (AvgIpc) is 2.45. The van der Waals surface area contributed by atoms with E-state index in [1.165, 1.54) is 11.3 Å². The zero-order valence-electron chi connectivity index (χ0n) is 8.08. The molecule has 0 N–H and O–H groups in total. The van der Waals surface area contributed by atoms with E-state index in [0.717, 1.165) is 10.6 Å². The van der Waals surface area contributed by atoms with Gasteiger partial charge in [0.25, 0.3) is 0 Å². The zero-order chi connectivity index (χ0) is 10.8. The van der Waals surface area contributed by atoms with Crippen molar-refractivity contribution in [3.8, 4) is 0 Å². The van der Waals surface area contributed by atoms with E-state index >= 15 is 0 Å². The Morgan fingerprint density at radius 1 is 1.43 bits per heavy atom. The van der Waals surface area contributed by atoms with Crippen molar-refractivity contribution >= 4 is 32.8 Å². The quantitative estimate of drug-likeness (QED) is 0.773. The van der Waals surface area contributed by atoms with E-state index < -0.39 is 9.84 Å². The highest BCUT2D eigenvalue weighted by atomic mass is 35.5. The van der Waals surface area contributed by atoms with Crippen molar-refractivity contribution in [2.24, 2.45) is 0 Å². The Morgan fingerprint density at radius 3 is 2.50 bits per heavy atom. The molecular weight excluding hydrogens is 242 g/mol. The van der Waals surface area contributed by atoms with Crippen molar-refractivity contribution in [2.45, 2.75) is 24.6 Å². The summed E-state index contributed by atoms with van der Waals surface area (Å²) in [6.45, 7) is 3.68. The second kappa shape index (κ2) is 4.59. The Hall–Kier alpha value is -0.130. The number of hydrogen-bond donors (Lipinski definition) is 0. The third-order valence-corrected chi connectivity index (χ3v) is 5.42. The van der Waals surface area contributed by atoms with Gasteiger partial charge in [-0.2, -0.15) is 0 Å². The summed E-state index contributed by atoms with van der Waals surface area (Å²) in [4.78, 5) is 4.98. The largest absolute Gasteiger partial charge is 0.230 e. The molecule has 3 nitrogen and oxygen atoms in total. The smallest absolute Gasteiger partial charge is 0.209 e. The number of thiazole rings is 1. The van der Waals surface area contributed by atoms with Crippen LogP contribution in [0.15, 0.2) is 4.34 Å². The van der Waals surface area contributed by atoms with Crippen molar-refractivity contribution in [1.82, 2.24) is 4.98 Å². The van der Waals surface area contributed by atoms with Crippen LogP contribution in [0, 0.1) is 13.8 Å². The summed E-state index contributed by atoms with van der Waals surface area (Å²) in [5.41, 5.74) is 0.791. The molecule has 0 fully saturated rings. The first-order valence-electron chi connectivity index (χ1n) is 4.20. The van der Waals surface area contributed by atoms with E-state index in [1.54, 1.807) is 0 Å². The molecule has 1 aromatic heterocycles. The van der Waals surface area contributed by atoms with Gasteiger partial charge in [-0.05, 0) is 20.3 Å². The minimum absolute atomic E-state index is 0.0862. The summed E-state index contributed by atoms with van der Waals surface area (Å²) < 4.78 is 23.5. The first kappa shape index (κ1) is 11.9. The molecule has 6 heteroatoms. The van der Waals surface area contributed by atoms with Gasteiger partial charge in [0.15, 0.2) is 0 Å². The molecule has 0 saturated carbocycles. The Balaban J connectivity index is 2.93. The third kappa shape index (κ3) is 2.68. The van der Waals surface area contributed by atoms with E-state index in [-0.39, 0.29) is 10.1 Å². The second-order valence-corrected chi connectivity index (χ2v) is 6.85. The van der Waals surface area contributed by atoms with Crippen LogP contribution in [-0.2, 0) is 9.84 Å². The molecule has 1 rings (SSSR count). The molecular formula is C8H12ClNO2S2. The van der Waals surface area contributed by atoms with E-state index in [2.05, 4.69) is 4.98 Å². The van der Waals surface area contributed by atoms with Crippen LogP contribution in [0.1, 0.15) is 17.0 Å². The number of aryl methyl sites for hydroxylation is 2. The molecule has 1 heterocycles. The molecule has 0 saturated heterocycles. The SMILES string of the molecule is Cc1nc(S(=O)(=O)CCCCl)sc1C. The number of sulfone groups is 1. The lowest BCUT2D eigenvalue weighted by atomic mass is 10.4. The van der Waals surface area contributed by atoms with Gasteiger partial charge in [-0.3, -0.25) is 0 Å². The average molecular weight is 254 g/mol. The number of alkyl halides is 1. The predicted octanol–water partition coefficient (Wildman–Crippen LogP) is 2.16. The standard InChI is InChI=1S/C8H12ClNO2S2/c1-6-7(2)13-8(10-6)14(11,12)5-3-4-9/h3-5H2,1-2H3. The number of halogens is 1. The monoisotopic (exact) mass is 253 g/mol.